The number of hydrogen-bond acceptors (Lipinski definition) is 4. The number of carbonyl (C=O) groups is 3. The fraction of sp³-hybridized carbons (Fsp3) is 0.500. The molecule has 7 heteroatoms. The molecule has 7 nitrogen and oxygen atoms in total. The topological polar surface area (TPSA) is 105 Å². The van der Waals surface area contributed by atoms with E-state index in [1.54, 1.807) is 24.3 Å². The van der Waals surface area contributed by atoms with Crippen molar-refractivity contribution in [3.05, 3.63) is 24.3 Å². The van der Waals surface area contributed by atoms with Crippen molar-refractivity contribution in [1.29, 1.82) is 0 Å². The van der Waals surface area contributed by atoms with Crippen molar-refractivity contribution in [3.63, 3.8) is 0 Å². The Labute approximate surface area is 147 Å². The normalized spacial score (nSPS) is 11.9. The summed E-state index contributed by atoms with van der Waals surface area (Å²) < 4.78 is 5.03. The molecule has 0 radical (unpaired) electrons. The van der Waals surface area contributed by atoms with Gasteiger partial charge in [-0.25, -0.2) is 4.79 Å². The third-order valence-corrected chi connectivity index (χ3v) is 3.34. The highest BCUT2D eigenvalue weighted by Gasteiger charge is 2.24. The largest absolute Gasteiger partial charge is 0.482 e. The number of amides is 2. The number of ether oxygens (including phenoxy) is 1. The number of benzene rings is 1. The molecule has 0 saturated heterocycles. The first-order valence-corrected chi connectivity index (χ1v) is 8.24. The van der Waals surface area contributed by atoms with Crippen molar-refractivity contribution in [2.45, 2.75) is 40.2 Å². The molecule has 1 aromatic carbocycles. The molecule has 3 N–H and O–H groups in total. The molecule has 0 heterocycles. The lowest BCUT2D eigenvalue weighted by atomic mass is 10.0. The molecule has 1 rings (SSSR count). The van der Waals surface area contributed by atoms with Gasteiger partial charge >= 0.3 is 5.97 Å². The molecule has 1 aromatic rings. The Hall–Kier alpha value is -2.57. The van der Waals surface area contributed by atoms with Crippen LogP contribution in [0, 0.1) is 11.8 Å². The van der Waals surface area contributed by atoms with Gasteiger partial charge in [-0.3, -0.25) is 9.59 Å². The minimum absolute atomic E-state index is 0.0608. The van der Waals surface area contributed by atoms with Gasteiger partial charge < -0.3 is 20.5 Å². The number of nitrogens with one attached hydrogen (secondary N) is 2. The Morgan fingerprint density at radius 2 is 1.68 bits per heavy atom. The molecule has 0 aliphatic heterocycles. The van der Waals surface area contributed by atoms with E-state index >= 15 is 0 Å². The Kier molecular flexibility index (Phi) is 7.91. The summed E-state index contributed by atoms with van der Waals surface area (Å²) in [6.07, 6.45) is 0.367. The molecule has 1 atom stereocenters. The molecule has 2 amide bonds. The lowest BCUT2D eigenvalue weighted by Crippen LogP contribution is -2.47. The predicted molar refractivity (Wildman–Crippen MR) is 94.4 cm³/mol. The molecule has 138 valence electrons. The minimum atomic E-state index is -1.06. The summed E-state index contributed by atoms with van der Waals surface area (Å²) in [4.78, 5) is 34.8. The highest BCUT2D eigenvalue weighted by Crippen LogP contribution is 2.16. The lowest BCUT2D eigenvalue weighted by Gasteiger charge is -2.22. The van der Waals surface area contributed by atoms with E-state index in [4.69, 9.17) is 9.84 Å². The molecule has 0 bridgehead atoms. The van der Waals surface area contributed by atoms with E-state index in [0.717, 1.165) is 0 Å². The van der Waals surface area contributed by atoms with E-state index in [-0.39, 0.29) is 23.7 Å². The molecular formula is C18H26N2O5. The maximum absolute atomic E-state index is 12.4. The third kappa shape index (κ3) is 7.69. The molecule has 0 aliphatic rings. The van der Waals surface area contributed by atoms with Crippen LogP contribution in [-0.4, -0.2) is 35.5 Å². The second-order valence-corrected chi connectivity index (χ2v) is 6.58. The van der Waals surface area contributed by atoms with Crippen LogP contribution >= 0.6 is 0 Å². The molecule has 0 saturated carbocycles. The molecule has 1 unspecified atom stereocenters. The lowest BCUT2D eigenvalue weighted by molar-refractivity contribution is -0.139. The molecule has 0 aromatic heterocycles. The van der Waals surface area contributed by atoms with Crippen molar-refractivity contribution in [2.24, 2.45) is 11.8 Å². The molecule has 25 heavy (non-hydrogen) atoms. The second kappa shape index (κ2) is 9.66. The number of anilines is 1. The average Bonchev–Trinajstić information content (AvgIpc) is 2.50. The van der Waals surface area contributed by atoms with Crippen LogP contribution in [0.25, 0.3) is 0 Å². The monoisotopic (exact) mass is 350 g/mol. The van der Waals surface area contributed by atoms with Gasteiger partial charge in [-0.1, -0.05) is 27.7 Å². The summed E-state index contributed by atoms with van der Waals surface area (Å²) >= 11 is 0. The number of carboxylic acid groups (broad SMARTS) is 1. The van der Waals surface area contributed by atoms with Gasteiger partial charge in [0.05, 0.1) is 0 Å². The number of carbonyl (C=O) groups excluding carboxylic acids is 2. The first kappa shape index (κ1) is 20.5. The molecular weight excluding hydrogens is 324 g/mol. The average molecular weight is 350 g/mol. The zero-order chi connectivity index (χ0) is 19.0. The molecule has 0 spiro atoms. The van der Waals surface area contributed by atoms with E-state index < -0.39 is 18.6 Å². The van der Waals surface area contributed by atoms with Crippen LogP contribution in [0.5, 0.6) is 5.75 Å². The van der Waals surface area contributed by atoms with Crippen LogP contribution in [0.3, 0.4) is 0 Å². The second-order valence-electron chi connectivity index (χ2n) is 6.58. The maximum Gasteiger partial charge on any atom is 0.341 e. The van der Waals surface area contributed by atoms with Crippen molar-refractivity contribution >= 4 is 23.5 Å². The van der Waals surface area contributed by atoms with Crippen molar-refractivity contribution in [2.75, 3.05) is 11.9 Å². The van der Waals surface area contributed by atoms with Gasteiger partial charge in [-0.05, 0) is 36.1 Å². The smallest absolute Gasteiger partial charge is 0.341 e. The van der Waals surface area contributed by atoms with Gasteiger partial charge in [-0.2, -0.15) is 0 Å². The van der Waals surface area contributed by atoms with E-state index in [9.17, 15) is 14.4 Å². The van der Waals surface area contributed by atoms with Gasteiger partial charge in [0, 0.05) is 12.1 Å². The summed E-state index contributed by atoms with van der Waals surface area (Å²) in [5.74, 6) is -0.962. The maximum atomic E-state index is 12.4. The van der Waals surface area contributed by atoms with Gasteiger partial charge in [-0.15, -0.1) is 0 Å². The standard InChI is InChI=1S/C18H26N2O5/c1-11(2)9-15(21)20-17(12(3)4)18(24)19-13-5-7-14(8-6-13)25-10-16(22)23/h5-8,11-12,17H,9-10H2,1-4H3,(H,19,24)(H,20,21)(H,22,23). The fourth-order valence-electron chi connectivity index (χ4n) is 2.14. The Morgan fingerprint density at radius 3 is 2.16 bits per heavy atom. The minimum Gasteiger partial charge on any atom is -0.482 e. The third-order valence-electron chi connectivity index (χ3n) is 3.34. The predicted octanol–water partition coefficient (Wildman–Crippen LogP) is 2.28. The summed E-state index contributed by atoms with van der Waals surface area (Å²) in [6, 6.07) is 5.74. The zero-order valence-corrected chi connectivity index (χ0v) is 15.0. The van der Waals surface area contributed by atoms with Gasteiger partial charge in [0.2, 0.25) is 11.8 Å². The summed E-state index contributed by atoms with van der Waals surface area (Å²) in [5, 5.41) is 14.1. The van der Waals surface area contributed by atoms with Crippen LogP contribution in [0.15, 0.2) is 24.3 Å². The van der Waals surface area contributed by atoms with E-state index in [1.807, 2.05) is 27.7 Å². The number of carboxylic acids is 1. The van der Waals surface area contributed by atoms with Gasteiger partial charge in [0.25, 0.3) is 0 Å². The van der Waals surface area contributed by atoms with Gasteiger partial charge in [0.15, 0.2) is 6.61 Å². The van der Waals surface area contributed by atoms with Crippen LogP contribution in [0.4, 0.5) is 5.69 Å². The zero-order valence-electron chi connectivity index (χ0n) is 15.0. The first-order valence-electron chi connectivity index (χ1n) is 8.24. The number of hydrogen-bond donors (Lipinski definition) is 3. The highest BCUT2D eigenvalue weighted by molar-refractivity contribution is 5.97. The van der Waals surface area contributed by atoms with E-state index in [2.05, 4.69) is 10.6 Å². The van der Waals surface area contributed by atoms with Crippen molar-refractivity contribution in [1.82, 2.24) is 5.32 Å². The van der Waals surface area contributed by atoms with E-state index in [0.29, 0.717) is 17.9 Å². The summed E-state index contributed by atoms with van der Waals surface area (Å²) in [5.41, 5.74) is 0.538. The SMILES string of the molecule is CC(C)CC(=O)NC(C(=O)Nc1ccc(OCC(=O)O)cc1)C(C)C. The van der Waals surface area contributed by atoms with E-state index in [1.165, 1.54) is 0 Å². The van der Waals surface area contributed by atoms with Crippen LogP contribution in [0.2, 0.25) is 0 Å². The Bertz CT molecular complexity index is 596. The number of aliphatic carboxylic acids is 1. The quantitative estimate of drug-likeness (QED) is 0.634. The van der Waals surface area contributed by atoms with Crippen molar-refractivity contribution in [3.8, 4) is 5.75 Å². The van der Waals surface area contributed by atoms with Crippen molar-refractivity contribution < 1.29 is 24.2 Å². The highest BCUT2D eigenvalue weighted by atomic mass is 16.5. The Morgan fingerprint density at radius 1 is 1.08 bits per heavy atom. The Balaban J connectivity index is 2.67. The molecule has 0 fully saturated rings. The first-order chi connectivity index (χ1) is 11.7. The summed E-state index contributed by atoms with van der Waals surface area (Å²) in [6.45, 7) is 7.19. The van der Waals surface area contributed by atoms with Crippen LogP contribution in [-0.2, 0) is 14.4 Å². The van der Waals surface area contributed by atoms with Crippen LogP contribution < -0.4 is 15.4 Å². The fourth-order valence-corrected chi connectivity index (χ4v) is 2.14. The van der Waals surface area contributed by atoms with Crippen LogP contribution in [0.1, 0.15) is 34.1 Å². The summed E-state index contributed by atoms with van der Waals surface area (Å²) in [7, 11) is 0. The molecule has 0 aliphatic carbocycles. The van der Waals surface area contributed by atoms with Gasteiger partial charge in [0.1, 0.15) is 11.8 Å². The number of rotatable bonds is 9.